The van der Waals surface area contributed by atoms with Crippen LogP contribution in [-0.4, -0.2) is 33.7 Å². The number of benzene rings is 1. The number of nitrogens with zero attached hydrogens (tertiary/aromatic N) is 3. The number of imidazole rings is 1. The molecule has 1 fully saturated rings. The number of anilines is 1. The molecule has 0 saturated carbocycles. The minimum Gasteiger partial charge on any atom is -0.481 e. The average Bonchev–Trinajstić information content (AvgIpc) is 2.83. The van der Waals surface area contributed by atoms with Crippen molar-refractivity contribution in [3.8, 4) is 0 Å². The number of piperidine rings is 1. The Kier molecular flexibility index (Phi) is 3.55. The molecule has 0 spiro atoms. The Balaban J connectivity index is 1.92. The number of nitrogens with two attached hydrogens (primary N) is 1. The highest BCUT2D eigenvalue weighted by Gasteiger charge is 2.25. The molecule has 6 heteroatoms. The van der Waals surface area contributed by atoms with E-state index in [4.69, 9.17) is 5.73 Å². The van der Waals surface area contributed by atoms with E-state index in [1.807, 2.05) is 29.8 Å². The van der Waals surface area contributed by atoms with E-state index in [0.717, 1.165) is 41.9 Å². The highest BCUT2D eigenvalue weighted by atomic mass is 16.4. The zero-order chi connectivity index (χ0) is 15.0. The van der Waals surface area contributed by atoms with Gasteiger partial charge in [0.2, 0.25) is 0 Å². The lowest BCUT2D eigenvalue weighted by Gasteiger charge is -2.32. The van der Waals surface area contributed by atoms with Gasteiger partial charge in [0.1, 0.15) is 5.82 Å². The summed E-state index contributed by atoms with van der Waals surface area (Å²) in [5.74, 6) is -0.133. The predicted octanol–water partition coefficient (Wildman–Crippen LogP) is 1.33. The number of carboxylic acid groups (broad SMARTS) is 1. The molecule has 1 saturated heterocycles. The molecule has 1 aromatic carbocycles. The lowest BCUT2D eigenvalue weighted by molar-refractivity contribution is -0.141. The molecule has 21 heavy (non-hydrogen) atoms. The van der Waals surface area contributed by atoms with Crippen molar-refractivity contribution in [1.29, 1.82) is 0 Å². The summed E-state index contributed by atoms with van der Waals surface area (Å²) in [6.45, 7) is 1.87. The number of hydrogen-bond donors (Lipinski definition) is 2. The van der Waals surface area contributed by atoms with Crippen molar-refractivity contribution in [2.24, 2.45) is 18.7 Å². The third-order valence-electron chi connectivity index (χ3n) is 4.28. The summed E-state index contributed by atoms with van der Waals surface area (Å²) >= 11 is 0. The fraction of sp³-hybridized carbons (Fsp3) is 0.467. The Morgan fingerprint density at radius 1 is 1.52 bits per heavy atom. The van der Waals surface area contributed by atoms with Crippen molar-refractivity contribution >= 4 is 22.7 Å². The first kappa shape index (κ1) is 13.9. The van der Waals surface area contributed by atoms with Gasteiger partial charge in [-0.1, -0.05) is 0 Å². The molecular formula is C15H20N4O2. The fourth-order valence-corrected chi connectivity index (χ4v) is 3.03. The predicted molar refractivity (Wildman–Crippen MR) is 81.2 cm³/mol. The first-order valence-electron chi connectivity index (χ1n) is 7.23. The van der Waals surface area contributed by atoms with E-state index < -0.39 is 5.97 Å². The van der Waals surface area contributed by atoms with E-state index in [0.29, 0.717) is 13.1 Å². The van der Waals surface area contributed by atoms with Crippen LogP contribution >= 0.6 is 0 Å². The van der Waals surface area contributed by atoms with Crippen molar-refractivity contribution in [2.75, 3.05) is 18.0 Å². The smallest absolute Gasteiger partial charge is 0.308 e. The van der Waals surface area contributed by atoms with Gasteiger partial charge in [0.05, 0.1) is 23.5 Å². The van der Waals surface area contributed by atoms with Crippen LogP contribution in [0.5, 0.6) is 0 Å². The molecule has 3 N–H and O–H groups in total. The normalized spacial score (nSPS) is 19.1. The highest BCUT2D eigenvalue weighted by Crippen LogP contribution is 2.26. The molecular weight excluding hydrogens is 268 g/mol. The monoisotopic (exact) mass is 288 g/mol. The molecule has 1 aromatic heterocycles. The summed E-state index contributed by atoms with van der Waals surface area (Å²) in [6.07, 6.45) is 1.67. The molecule has 3 rings (SSSR count). The molecule has 2 aromatic rings. The largest absolute Gasteiger partial charge is 0.481 e. The second-order valence-corrected chi connectivity index (χ2v) is 5.59. The second kappa shape index (κ2) is 5.37. The number of carbonyl (C=O) groups is 1. The first-order valence-corrected chi connectivity index (χ1v) is 7.23. The number of aromatic nitrogens is 2. The highest BCUT2D eigenvalue weighted by molar-refractivity contribution is 5.81. The van der Waals surface area contributed by atoms with Gasteiger partial charge in [-0.2, -0.15) is 0 Å². The average molecular weight is 288 g/mol. The lowest BCUT2D eigenvalue weighted by atomic mass is 9.98. The zero-order valence-electron chi connectivity index (χ0n) is 12.1. The van der Waals surface area contributed by atoms with Crippen LogP contribution in [0.25, 0.3) is 11.0 Å². The fourth-order valence-electron chi connectivity index (χ4n) is 3.03. The van der Waals surface area contributed by atoms with Crippen LogP contribution < -0.4 is 10.6 Å². The SMILES string of the molecule is Cn1c(CN)nc2cc(N3CCCC(C(=O)O)C3)ccc21. The topological polar surface area (TPSA) is 84.4 Å². The van der Waals surface area contributed by atoms with Crippen molar-refractivity contribution in [3.05, 3.63) is 24.0 Å². The second-order valence-electron chi connectivity index (χ2n) is 5.59. The molecule has 1 atom stereocenters. The molecule has 112 valence electrons. The van der Waals surface area contributed by atoms with E-state index in [-0.39, 0.29) is 5.92 Å². The lowest BCUT2D eigenvalue weighted by Crippen LogP contribution is -2.38. The van der Waals surface area contributed by atoms with Gasteiger partial charge in [0.15, 0.2) is 0 Å². The Morgan fingerprint density at radius 2 is 2.33 bits per heavy atom. The van der Waals surface area contributed by atoms with Gasteiger partial charge in [0.25, 0.3) is 0 Å². The molecule has 2 heterocycles. The number of carboxylic acids is 1. The standard InChI is InChI=1S/C15H20N4O2/c1-18-13-5-4-11(7-12(13)17-14(18)8-16)19-6-2-3-10(9-19)15(20)21/h4-5,7,10H,2-3,6,8-9,16H2,1H3,(H,20,21). The maximum absolute atomic E-state index is 11.2. The molecule has 1 aliphatic heterocycles. The van der Waals surface area contributed by atoms with E-state index in [2.05, 4.69) is 9.88 Å². The molecule has 0 radical (unpaired) electrons. The molecule has 0 amide bonds. The van der Waals surface area contributed by atoms with Gasteiger partial charge < -0.3 is 20.3 Å². The zero-order valence-corrected chi connectivity index (χ0v) is 12.1. The Hall–Kier alpha value is -2.08. The van der Waals surface area contributed by atoms with Crippen molar-refractivity contribution in [3.63, 3.8) is 0 Å². The summed E-state index contributed by atoms with van der Waals surface area (Å²) in [6, 6.07) is 6.09. The van der Waals surface area contributed by atoms with E-state index >= 15 is 0 Å². The third-order valence-corrected chi connectivity index (χ3v) is 4.28. The van der Waals surface area contributed by atoms with Gasteiger partial charge >= 0.3 is 5.97 Å². The van der Waals surface area contributed by atoms with Gasteiger partial charge in [-0.15, -0.1) is 0 Å². The Labute approximate surface area is 123 Å². The van der Waals surface area contributed by atoms with E-state index in [1.165, 1.54) is 0 Å². The van der Waals surface area contributed by atoms with Crippen LogP contribution in [0.4, 0.5) is 5.69 Å². The summed E-state index contributed by atoms with van der Waals surface area (Å²) in [4.78, 5) is 17.8. The van der Waals surface area contributed by atoms with Crippen LogP contribution in [0.2, 0.25) is 0 Å². The van der Waals surface area contributed by atoms with Gasteiger partial charge in [-0.05, 0) is 31.0 Å². The summed E-state index contributed by atoms with van der Waals surface area (Å²) in [5.41, 5.74) is 8.68. The maximum atomic E-state index is 11.2. The van der Waals surface area contributed by atoms with Gasteiger partial charge in [-0.25, -0.2) is 4.98 Å². The number of aliphatic carboxylic acids is 1. The van der Waals surface area contributed by atoms with Gasteiger partial charge in [0, 0.05) is 25.8 Å². The van der Waals surface area contributed by atoms with E-state index in [1.54, 1.807) is 0 Å². The summed E-state index contributed by atoms with van der Waals surface area (Å²) in [5, 5.41) is 9.19. The maximum Gasteiger partial charge on any atom is 0.308 e. The van der Waals surface area contributed by atoms with Crippen LogP contribution in [-0.2, 0) is 18.4 Å². The van der Waals surface area contributed by atoms with Crippen LogP contribution in [0.3, 0.4) is 0 Å². The minimum atomic E-state index is -0.705. The molecule has 0 bridgehead atoms. The van der Waals surface area contributed by atoms with Crippen LogP contribution in [0.15, 0.2) is 18.2 Å². The number of hydrogen-bond acceptors (Lipinski definition) is 4. The van der Waals surface area contributed by atoms with Crippen molar-refractivity contribution in [1.82, 2.24) is 9.55 Å². The molecule has 0 aliphatic carbocycles. The Bertz CT molecular complexity index is 680. The molecule has 1 aliphatic rings. The summed E-state index contributed by atoms with van der Waals surface area (Å²) < 4.78 is 2.00. The number of rotatable bonds is 3. The van der Waals surface area contributed by atoms with E-state index in [9.17, 15) is 9.90 Å². The van der Waals surface area contributed by atoms with Crippen LogP contribution in [0, 0.1) is 5.92 Å². The Morgan fingerprint density at radius 3 is 3.05 bits per heavy atom. The third kappa shape index (κ3) is 2.47. The quantitative estimate of drug-likeness (QED) is 0.890. The molecule has 1 unspecified atom stereocenters. The van der Waals surface area contributed by atoms with Gasteiger partial charge in [-0.3, -0.25) is 4.79 Å². The molecule has 6 nitrogen and oxygen atoms in total. The number of fused-ring (bicyclic) bond motifs is 1. The minimum absolute atomic E-state index is 0.280. The summed E-state index contributed by atoms with van der Waals surface area (Å²) in [7, 11) is 1.96. The first-order chi connectivity index (χ1) is 10.1. The van der Waals surface area contributed by atoms with Crippen molar-refractivity contribution < 1.29 is 9.90 Å². The van der Waals surface area contributed by atoms with Crippen LogP contribution in [0.1, 0.15) is 18.7 Å². The number of aryl methyl sites for hydroxylation is 1. The van der Waals surface area contributed by atoms with Crippen molar-refractivity contribution in [2.45, 2.75) is 19.4 Å².